The fourth-order valence-electron chi connectivity index (χ4n) is 2.07. The van der Waals surface area contributed by atoms with Crippen molar-refractivity contribution in [3.05, 3.63) is 63.6 Å². The van der Waals surface area contributed by atoms with Crippen molar-refractivity contribution in [2.24, 2.45) is 0 Å². The molecule has 0 saturated heterocycles. The Morgan fingerprint density at radius 3 is 2.57 bits per heavy atom. The van der Waals surface area contributed by atoms with E-state index < -0.39 is 12.1 Å². The van der Waals surface area contributed by atoms with Gasteiger partial charge in [0.15, 0.2) is 6.10 Å². The Labute approximate surface area is 144 Å². The molecule has 0 bridgehead atoms. The molecular formula is C17H16Cl2O4. The number of ether oxygens (including phenoxy) is 3. The number of halogens is 2. The maximum Gasteiger partial charge on any atom is 0.339 e. The third-order valence-electron chi connectivity index (χ3n) is 3.19. The summed E-state index contributed by atoms with van der Waals surface area (Å²) in [6.07, 6.45) is -0.765. The number of benzene rings is 2. The molecule has 1 unspecified atom stereocenters. The molecule has 0 saturated carbocycles. The maximum atomic E-state index is 11.7. The summed E-state index contributed by atoms with van der Waals surface area (Å²) >= 11 is 11.9. The molecule has 2 aromatic carbocycles. The summed E-state index contributed by atoms with van der Waals surface area (Å²) in [6, 6.07) is 12.4. The Morgan fingerprint density at radius 1 is 1.13 bits per heavy atom. The quantitative estimate of drug-likeness (QED) is 0.719. The fourth-order valence-corrected chi connectivity index (χ4v) is 2.54. The van der Waals surface area contributed by atoms with Gasteiger partial charge in [0, 0.05) is 12.1 Å². The van der Waals surface area contributed by atoms with Gasteiger partial charge >= 0.3 is 5.97 Å². The minimum absolute atomic E-state index is 0.298. The molecule has 0 radical (unpaired) electrons. The van der Waals surface area contributed by atoms with Crippen molar-refractivity contribution >= 4 is 29.2 Å². The van der Waals surface area contributed by atoms with Crippen LogP contribution in [0.4, 0.5) is 0 Å². The zero-order valence-corrected chi connectivity index (χ0v) is 14.2. The smallest absolute Gasteiger partial charge is 0.339 e. The number of carbonyl (C=O) groups is 1. The number of hydrogen-bond acceptors (Lipinski definition) is 4. The number of carbonyl (C=O) groups excluding carboxylic acids is 1. The average molecular weight is 355 g/mol. The van der Waals surface area contributed by atoms with Crippen molar-refractivity contribution in [2.45, 2.75) is 12.7 Å². The molecular weight excluding hydrogens is 339 g/mol. The van der Waals surface area contributed by atoms with Crippen LogP contribution in [0.3, 0.4) is 0 Å². The Balaban J connectivity index is 2.12. The predicted octanol–water partition coefficient (Wildman–Crippen LogP) is 4.43. The second-order valence-electron chi connectivity index (χ2n) is 4.75. The van der Waals surface area contributed by atoms with E-state index in [1.54, 1.807) is 24.3 Å². The van der Waals surface area contributed by atoms with Gasteiger partial charge in [0.05, 0.1) is 12.1 Å². The van der Waals surface area contributed by atoms with Gasteiger partial charge in [-0.1, -0.05) is 41.4 Å². The van der Waals surface area contributed by atoms with E-state index in [2.05, 4.69) is 0 Å². The lowest BCUT2D eigenvalue weighted by Crippen LogP contribution is -2.16. The lowest BCUT2D eigenvalue weighted by molar-refractivity contribution is -0.152. The van der Waals surface area contributed by atoms with Crippen LogP contribution in [-0.4, -0.2) is 20.2 Å². The molecule has 23 heavy (non-hydrogen) atoms. The summed E-state index contributed by atoms with van der Waals surface area (Å²) in [5, 5.41) is 0.989. The van der Waals surface area contributed by atoms with Gasteiger partial charge in [-0.25, -0.2) is 4.79 Å². The topological polar surface area (TPSA) is 44.8 Å². The van der Waals surface area contributed by atoms with Gasteiger partial charge in [0.2, 0.25) is 0 Å². The highest BCUT2D eigenvalue weighted by molar-refractivity contribution is 6.35. The molecule has 0 heterocycles. The number of rotatable bonds is 6. The maximum absolute atomic E-state index is 11.7. The molecule has 0 aliphatic rings. The van der Waals surface area contributed by atoms with Crippen LogP contribution < -0.4 is 4.74 Å². The standard InChI is InChI=1S/C17H16Cl2O4/c1-21-16(17(20)22-2)12-5-3-4-11(8-12)10-23-15-7-6-13(18)9-14(15)19/h3-9,16H,10H2,1-2H3. The minimum Gasteiger partial charge on any atom is -0.487 e. The molecule has 122 valence electrons. The summed E-state index contributed by atoms with van der Waals surface area (Å²) < 4.78 is 15.6. The molecule has 0 amide bonds. The lowest BCUT2D eigenvalue weighted by atomic mass is 10.1. The number of hydrogen-bond donors (Lipinski definition) is 0. The van der Waals surface area contributed by atoms with E-state index in [0.29, 0.717) is 28.0 Å². The first-order valence-electron chi connectivity index (χ1n) is 6.82. The van der Waals surface area contributed by atoms with Gasteiger partial charge in [0.1, 0.15) is 12.4 Å². The highest BCUT2D eigenvalue weighted by Gasteiger charge is 2.20. The van der Waals surface area contributed by atoms with Gasteiger partial charge in [-0.15, -0.1) is 0 Å². The van der Waals surface area contributed by atoms with Crippen molar-refractivity contribution in [1.82, 2.24) is 0 Å². The van der Waals surface area contributed by atoms with E-state index in [1.807, 2.05) is 18.2 Å². The zero-order valence-electron chi connectivity index (χ0n) is 12.7. The van der Waals surface area contributed by atoms with E-state index in [1.165, 1.54) is 14.2 Å². The molecule has 0 spiro atoms. The van der Waals surface area contributed by atoms with Gasteiger partial charge in [-0.3, -0.25) is 0 Å². The minimum atomic E-state index is -0.765. The molecule has 0 fully saturated rings. The van der Waals surface area contributed by atoms with Crippen LogP contribution in [0.1, 0.15) is 17.2 Å². The molecule has 0 aliphatic carbocycles. The lowest BCUT2D eigenvalue weighted by Gasteiger charge is -2.14. The average Bonchev–Trinajstić information content (AvgIpc) is 2.55. The SMILES string of the molecule is COC(=O)C(OC)c1cccc(COc2ccc(Cl)cc2Cl)c1. The monoisotopic (exact) mass is 354 g/mol. The van der Waals surface area contributed by atoms with Crippen molar-refractivity contribution in [3.63, 3.8) is 0 Å². The summed E-state index contributed by atoms with van der Waals surface area (Å²) in [5.74, 6) is 0.0871. The predicted molar refractivity (Wildman–Crippen MR) is 89.0 cm³/mol. The van der Waals surface area contributed by atoms with Gasteiger partial charge in [-0.2, -0.15) is 0 Å². The normalized spacial score (nSPS) is 11.8. The van der Waals surface area contributed by atoms with E-state index in [-0.39, 0.29) is 0 Å². The number of esters is 1. The van der Waals surface area contributed by atoms with Crippen LogP contribution in [0.5, 0.6) is 5.75 Å². The molecule has 6 heteroatoms. The number of methoxy groups -OCH3 is 2. The molecule has 0 aromatic heterocycles. The Morgan fingerprint density at radius 2 is 1.91 bits per heavy atom. The van der Waals surface area contributed by atoms with Crippen LogP contribution in [0.15, 0.2) is 42.5 Å². The second-order valence-corrected chi connectivity index (χ2v) is 5.59. The van der Waals surface area contributed by atoms with Crippen molar-refractivity contribution in [2.75, 3.05) is 14.2 Å². The third kappa shape index (κ3) is 4.61. The first kappa shape index (κ1) is 17.6. The summed E-state index contributed by atoms with van der Waals surface area (Å²) in [5.41, 5.74) is 1.57. The van der Waals surface area contributed by atoms with Crippen LogP contribution in [0.25, 0.3) is 0 Å². The first-order valence-corrected chi connectivity index (χ1v) is 7.58. The largest absolute Gasteiger partial charge is 0.487 e. The van der Waals surface area contributed by atoms with Crippen LogP contribution in [0, 0.1) is 0 Å². The third-order valence-corrected chi connectivity index (χ3v) is 3.72. The summed E-state index contributed by atoms with van der Waals surface area (Å²) in [7, 11) is 2.78. The second kappa shape index (κ2) is 8.20. The van der Waals surface area contributed by atoms with Crippen LogP contribution in [0.2, 0.25) is 10.0 Å². The zero-order chi connectivity index (χ0) is 16.8. The van der Waals surface area contributed by atoms with Crippen molar-refractivity contribution < 1.29 is 19.0 Å². The van der Waals surface area contributed by atoms with Crippen molar-refractivity contribution in [3.8, 4) is 5.75 Å². The van der Waals surface area contributed by atoms with Crippen molar-refractivity contribution in [1.29, 1.82) is 0 Å². The van der Waals surface area contributed by atoms with Gasteiger partial charge in [-0.05, 0) is 35.4 Å². The molecule has 0 N–H and O–H groups in total. The summed E-state index contributed by atoms with van der Waals surface area (Å²) in [6.45, 7) is 0.298. The van der Waals surface area contributed by atoms with Crippen LogP contribution >= 0.6 is 23.2 Å². The highest BCUT2D eigenvalue weighted by Crippen LogP contribution is 2.28. The highest BCUT2D eigenvalue weighted by atomic mass is 35.5. The van der Waals surface area contributed by atoms with E-state index in [9.17, 15) is 4.79 Å². The van der Waals surface area contributed by atoms with E-state index in [4.69, 9.17) is 37.4 Å². The Hall–Kier alpha value is -1.75. The Bertz CT molecular complexity index is 688. The van der Waals surface area contributed by atoms with Gasteiger partial charge < -0.3 is 14.2 Å². The van der Waals surface area contributed by atoms with E-state index in [0.717, 1.165) is 5.56 Å². The first-order chi connectivity index (χ1) is 11.0. The van der Waals surface area contributed by atoms with Crippen LogP contribution in [-0.2, 0) is 20.9 Å². The molecule has 2 aromatic rings. The molecule has 1 atom stereocenters. The van der Waals surface area contributed by atoms with Gasteiger partial charge in [0.25, 0.3) is 0 Å². The molecule has 2 rings (SSSR count). The summed E-state index contributed by atoms with van der Waals surface area (Å²) in [4.78, 5) is 11.7. The fraction of sp³-hybridized carbons (Fsp3) is 0.235. The Kier molecular flexibility index (Phi) is 6.28. The molecule has 0 aliphatic heterocycles. The van der Waals surface area contributed by atoms with E-state index >= 15 is 0 Å². The molecule has 4 nitrogen and oxygen atoms in total.